The van der Waals surface area contributed by atoms with Crippen molar-refractivity contribution in [1.29, 1.82) is 0 Å². The number of benzene rings is 2. The lowest BCUT2D eigenvalue weighted by atomic mass is 10.0. The lowest BCUT2D eigenvalue weighted by Gasteiger charge is -2.26. The van der Waals surface area contributed by atoms with Crippen LogP contribution in [-0.4, -0.2) is 31.6 Å². The normalized spacial score (nSPS) is 15.0. The molecule has 32 heavy (non-hydrogen) atoms. The number of imide groups is 2. The molecule has 1 fully saturated rings. The van der Waals surface area contributed by atoms with Crippen LogP contribution in [0.3, 0.4) is 0 Å². The van der Waals surface area contributed by atoms with Gasteiger partial charge in [-0.3, -0.25) is 14.9 Å². The molecule has 166 valence electrons. The molecule has 1 N–H and O–H groups in total. The number of nitrogens with one attached hydrogen (secondary N) is 1. The Labute approximate surface area is 185 Å². The zero-order valence-corrected chi connectivity index (χ0v) is 17.8. The molecule has 3 rings (SSSR count). The number of nitrogens with zero attached hydrogens (tertiary/aromatic N) is 1. The fourth-order valence-electron chi connectivity index (χ4n) is 3.24. The molecule has 0 atom stereocenters. The number of hydrogen-bond acceptors (Lipinski definition) is 5. The Morgan fingerprint density at radius 2 is 1.88 bits per heavy atom. The number of barbiturate groups is 1. The molecule has 0 aliphatic carbocycles. The van der Waals surface area contributed by atoms with E-state index in [-0.39, 0.29) is 11.3 Å². The van der Waals surface area contributed by atoms with E-state index >= 15 is 0 Å². The molecule has 1 saturated heterocycles. The highest BCUT2D eigenvalue weighted by molar-refractivity contribution is 6.39. The lowest BCUT2D eigenvalue weighted by molar-refractivity contribution is -0.122. The number of ether oxygens (including phenoxy) is 2. The zero-order valence-electron chi connectivity index (χ0n) is 17.8. The van der Waals surface area contributed by atoms with Crippen LogP contribution in [0.5, 0.6) is 11.5 Å². The van der Waals surface area contributed by atoms with Crippen molar-refractivity contribution in [3.63, 3.8) is 0 Å². The van der Waals surface area contributed by atoms with Gasteiger partial charge in [-0.15, -0.1) is 6.58 Å². The molecule has 0 unspecified atom stereocenters. The first-order chi connectivity index (χ1) is 15.4. The summed E-state index contributed by atoms with van der Waals surface area (Å²) in [5.41, 5.74) is 1.17. The molecule has 1 aliphatic rings. The first-order valence-electron chi connectivity index (χ1n) is 10.0. The molecule has 0 aromatic heterocycles. The summed E-state index contributed by atoms with van der Waals surface area (Å²) in [5, 5.41) is 2.14. The van der Waals surface area contributed by atoms with Crippen LogP contribution in [0.4, 0.5) is 14.9 Å². The van der Waals surface area contributed by atoms with Crippen molar-refractivity contribution in [3.05, 3.63) is 71.6 Å². The molecule has 2 aromatic carbocycles. The third-order valence-electron chi connectivity index (χ3n) is 4.69. The summed E-state index contributed by atoms with van der Waals surface area (Å²) >= 11 is 0. The smallest absolute Gasteiger partial charge is 0.335 e. The highest BCUT2D eigenvalue weighted by Crippen LogP contribution is 2.35. The molecule has 0 bridgehead atoms. The number of halogens is 1. The third-order valence-corrected chi connectivity index (χ3v) is 4.69. The Kier molecular flexibility index (Phi) is 7.04. The average molecular weight is 438 g/mol. The largest absolute Gasteiger partial charge is 0.493 e. The predicted molar refractivity (Wildman–Crippen MR) is 118 cm³/mol. The Bertz CT molecular complexity index is 1090. The van der Waals surface area contributed by atoms with E-state index in [1.54, 1.807) is 18.2 Å². The second-order valence-electron chi connectivity index (χ2n) is 6.99. The van der Waals surface area contributed by atoms with Gasteiger partial charge in [0.25, 0.3) is 11.8 Å². The Morgan fingerprint density at radius 1 is 1.16 bits per heavy atom. The van der Waals surface area contributed by atoms with Gasteiger partial charge in [-0.05, 0) is 60.9 Å². The second kappa shape index (κ2) is 9.91. The van der Waals surface area contributed by atoms with Crippen LogP contribution >= 0.6 is 0 Å². The van der Waals surface area contributed by atoms with E-state index in [1.165, 1.54) is 25.3 Å². The van der Waals surface area contributed by atoms with E-state index in [2.05, 4.69) is 11.9 Å². The van der Waals surface area contributed by atoms with E-state index in [4.69, 9.17) is 9.47 Å². The Hall–Kier alpha value is -3.94. The van der Waals surface area contributed by atoms with E-state index in [1.807, 2.05) is 6.92 Å². The lowest BCUT2D eigenvalue weighted by Crippen LogP contribution is -2.54. The number of allylic oxidation sites excluding steroid dienone is 1. The molecule has 8 heteroatoms. The molecule has 0 radical (unpaired) electrons. The summed E-state index contributed by atoms with van der Waals surface area (Å²) < 4.78 is 24.5. The predicted octanol–water partition coefficient (Wildman–Crippen LogP) is 4.02. The molecular weight excluding hydrogens is 415 g/mol. The van der Waals surface area contributed by atoms with Gasteiger partial charge in [0.15, 0.2) is 11.5 Å². The second-order valence-corrected chi connectivity index (χ2v) is 6.99. The molecule has 1 aliphatic heterocycles. The Morgan fingerprint density at radius 3 is 2.50 bits per heavy atom. The molecule has 0 saturated carbocycles. The zero-order chi connectivity index (χ0) is 23.3. The van der Waals surface area contributed by atoms with Crippen LogP contribution in [0, 0.1) is 5.82 Å². The SMILES string of the molecule is C=CCc1cc(/C=C2\C(=O)NC(=O)N(c3ccc(F)cc3)C2=O)cc(OC)c1OCCC. The quantitative estimate of drug-likeness (QED) is 0.382. The van der Waals surface area contributed by atoms with Crippen LogP contribution in [0.15, 0.2) is 54.6 Å². The van der Waals surface area contributed by atoms with Gasteiger partial charge in [0.1, 0.15) is 11.4 Å². The maximum Gasteiger partial charge on any atom is 0.335 e. The minimum Gasteiger partial charge on any atom is -0.493 e. The summed E-state index contributed by atoms with van der Waals surface area (Å²) in [7, 11) is 1.50. The van der Waals surface area contributed by atoms with Crippen LogP contribution in [0.2, 0.25) is 0 Å². The standard InChI is InChI=1S/C24H23FN2O5/c1-4-6-16-12-15(14-20(31-3)21(16)32-11-5-2)13-19-22(28)26-24(30)27(23(19)29)18-9-7-17(25)8-10-18/h4,7-10,12-14H,1,5-6,11H2,2-3H3,(H,26,28,30)/b19-13+. The topological polar surface area (TPSA) is 84.9 Å². The third kappa shape index (κ3) is 4.69. The van der Waals surface area contributed by atoms with Crippen molar-refractivity contribution in [2.45, 2.75) is 19.8 Å². The summed E-state index contributed by atoms with van der Waals surface area (Å²) in [4.78, 5) is 38.5. The van der Waals surface area contributed by atoms with E-state index in [9.17, 15) is 18.8 Å². The van der Waals surface area contributed by atoms with Crippen LogP contribution in [0.1, 0.15) is 24.5 Å². The van der Waals surface area contributed by atoms with E-state index < -0.39 is 23.7 Å². The molecule has 7 nitrogen and oxygen atoms in total. The fourth-order valence-corrected chi connectivity index (χ4v) is 3.24. The van der Waals surface area contributed by atoms with Crippen molar-refractivity contribution < 1.29 is 28.2 Å². The van der Waals surface area contributed by atoms with Crippen molar-refractivity contribution in [3.8, 4) is 11.5 Å². The molecule has 1 heterocycles. The minimum atomic E-state index is -0.906. The Balaban J connectivity index is 2.04. The first-order valence-corrected chi connectivity index (χ1v) is 10.0. The number of hydrogen-bond donors (Lipinski definition) is 1. The van der Waals surface area contributed by atoms with Crippen molar-refractivity contribution in [2.75, 3.05) is 18.6 Å². The minimum absolute atomic E-state index is 0.139. The van der Waals surface area contributed by atoms with Crippen molar-refractivity contribution in [1.82, 2.24) is 5.32 Å². The van der Waals surface area contributed by atoms with Gasteiger partial charge >= 0.3 is 6.03 Å². The summed E-state index contributed by atoms with van der Waals surface area (Å²) in [6.45, 7) is 6.24. The number of amides is 4. The average Bonchev–Trinajstić information content (AvgIpc) is 2.77. The summed E-state index contributed by atoms with van der Waals surface area (Å²) in [6.07, 6.45) is 4.37. The summed E-state index contributed by atoms with van der Waals surface area (Å²) in [5.74, 6) is -1.15. The summed E-state index contributed by atoms with van der Waals surface area (Å²) in [6, 6.07) is 7.31. The van der Waals surface area contributed by atoms with Crippen molar-refractivity contribution in [2.24, 2.45) is 0 Å². The van der Waals surface area contributed by atoms with Gasteiger partial charge in [-0.25, -0.2) is 14.1 Å². The maximum absolute atomic E-state index is 13.3. The highest BCUT2D eigenvalue weighted by Gasteiger charge is 2.36. The van der Waals surface area contributed by atoms with Crippen LogP contribution < -0.4 is 19.7 Å². The number of methoxy groups -OCH3 is 1. The number of rotatable bonds is 8. The maximum atomic E-state index is 13.3. The molecular formula is C24H23FN2O5. The fraction of sp³-hybridized carbons (Fsp3) is 0.208. The van der Waals surface area contributed by atoms with Gasteiger partial charge in [-0.1, -0.05) is 13.0 Å². The van der Waals surface area contributed by atoms with Gasteiger partial charge in [0, 0.05) is 5.56 Å². The van der Waals surface area contributed by atoms with E-state index in [0.29, 0.717) is 30.1 Å². The van der Waals surface area contributed by atoms with Gasteiger partial charge in [-0.2, -0.15) is 0 Å². The van der Waals surface area contributed by atoms with E-state index in [0.717, 1.165) is 29.0 Å². The molecule has 0 spiro atoms. The first kappa shape index (κ1) is 22.7. The van der Waals surface area contributed by atoms with Gasteiger partial charge < -0.3 is 9.47 Å². The number of anilines is 1. The van der Waals surface area contributed by atoms with Gasteiger partial charge in [0.05, 0.1) is 19.4 Å². The highest BCUT2D eigenvalue weighted by atomic mass is 19.1. The van der Waals surface area contributed by atoms with Crippen LogP contribution in [-0.2, 0) is 16.0 Å². The number of carbonyl (C=O) groups is 3. The van der Waals surface area contributed by atoms with Crippen molar-refractivity contribution >= 4 is 29.6 Å². The van der Waals surface area contributed by atoms with Gasteiger partial charge in [0.2, 0.25) is 0 Å². The number of urea groups is 1. The van der Waals surface area contributed by atoms with Crippen LogP contribution in [0.25, 0.3) is 6.08 Å². The number of carbonyl (C=O) groups excluding carboxylic acids is 3. The monoisotopic (exact) mass is 438 g/mol. The molecule has 2 aromatic rings. The molecule has 4 amide bonds.